The third kappa shape index (κ3) is 9.28. The van der Waals surface area contributed by atoms with Gasteiger partial charge < -0.3 is 16.0 Å². The molecule has 6 heteroatoms. The number of aryl methyl sites for hydroxylation is 1. The maximum atomic E-state index is 10.8. The van der Waals surface area contributed by atoms with Gasteiger partial charge in [0.15, 0.2) is 5.96 Å². The monoisotopic (exact) mass is 404 g/mol. The summed E-state index contributed by atoms with van der Waals surface area (Å²) in [7, 11) is 0. The predicted molar refractivity (Wildman–Crippen MR) is 98.1 cm³/mol. The Morgan fingerprint density at radius 2 is 1.71 bits per heavy atom. The van der Waals surface area contributed by atoms with Crippen molar-refractivity contribution in [1.82, 2.24) is 16.0 Å². The maximum Gasteiger partial charge on any atom is 0.216 e. The van der Waals surface area contributed by atoms with Gasteiger partial charge in [0, 0.05) is 26.6 Å². The van der Waals surface area contributed by atoms with Crippen LogP contribution in [-0.2, 0) is 11.3 Å². The number of carbonyl (C=O) groups excluding carboxylic acids is 1. The summed E-state index contributed by atoms with van der Waals surface area (Å²) in [5, 5.41) is 9.10. The fourth-order valence-corrected chi connectivity index (χ4v) is 1.63. The fourth-order valence-electron chi connectivity index (χ4n) is 1.63. The van der Waals surface area contributed by atoms with Gasteiger partial charge in [-0.05, 0) is 19.4 Å². The lowest BCUT2D eigenvalue weighted by Crippen LogP contribution is -2.41. The largest absolute Gasteiger partial charge is 0.357 e. The summed E-state index contributed by atoms with van der Waals surface area (Å²) >= 11 is 0. The zero-order chi connectivity index (χ0) is 14.8. The van der Waals surface area contributed by atoms with E-state index in [1.54, 1.807) is 0 Å². The molecule has 0 bridgehead atoms. The molecule has 21 heavy (non-hydrogen) atoms. The first-order chi connectivity index (χ1) is 9.61. The lowest BCUT2D eigenvalue weighted by molar-refractivity contribution is -0.118. The summed E-state index contributed by atoms with van der Waals surface area (Å²) in [4.78, 5) is 15.3. The Bertz CT molecular complexity index is 445. The average molecular weight is 404 g/mol. The smallest absolute Gasteiger partial charge is 0.216 e. The third-order valence-electron chi connectivity index (χ3n) is 2.68. The van der Waals surface area contributed by atoms with Crippen molar-refractivity contribution in [2.45, 2.75) is 27.3 Å². The highest BCUT2D eigenvalue weighted by Gasteiger charge is 1.97. The predicted octanol–water partition coefficient (Wildman–Crippen LogP) is 1.80. The van der Waals surface area contributed by atoms with E-state index in [1.807, 2.05) is 6.92 Å². The Morgan fingerprint density at radius 1 is 1.10 bits per heavy atom. The third-order valence-corrected chi connectivity index (χ3v) is 2.68. The number of aliphatic imine (C=N–C) groups is 1. The zero-order valence-electron chi connectivity index (χ0n) is 12.9. The Labute approximate surface area is 144 Å². The zero-order valence-corrected chi connectivity index (χ0v) is 15.2. The molecule has 0 radical (unpaired) electrons. The molecule has 5 nitrogen and oxygen atoms in total. The maximum absolute atomic E-state index is 10.8. The lowest BCUT2D eigenvalue weighted by atomic mass is 10.1. The minimum atomic E-state index is -0.0200. The SMILES string of the molecule is CCNC(=NCc1ccc(C)cc1)NCCNC(C)=O.I. The van der Waals surface area contributed by atoms with Gasteiger partial charge in [0.05, 0.1) is 6.54 Å². The summed E-state index contributed by atoms with van der Waals surface area (Å²) in [6.07, 6.45) is 0. The highest BCUT2D eigenvalue weighted by molar-refractivity contribution is 14.0. The second-order valence-corrected chi connectivity index (χ2v) is 4.59. The number of nitrogens with zero attached hydrogens (tertiary/aromatic N) is 1. The molecular weight excluding hydrogens is 379 g/mol. The second-order valence-electron chi connectivity index (χ2n) is 4.59. The van der Waals surface area contributed by atoms with Gasteiger partial charge in [0.25, 0.3) is 0 Å². The summed E-state index contributed by atoms with van der Waals surface area (Å²) in [5.74, 6) is 0.742. The van der Waals surface area contributed by atoms with Gasteiger partial charge >= 0.3 is 0 Å². The molecule has 1 aromatic carbocycles. The quantitative estimate of drug-likeness (QED) is 0.293. The molecule has 0 saturated heterocycles. The number of guanidine groups is 1. The Morgan fingerprint density at radius 3 is 2.29 bits per heavy atom. The minimum absolute atomic E-state index is 0. The molecule has 3 N–H and O–H groups in total. The molecular formula is C15H25IN4O. The van der Waals surface area contributed by atoms with Crippen molar-refractivity contribution in [3.8, 4) is 0 Å². The van der Waals surface area contributed by atoms with Crippen molar-refractivity contribution in [2.24, 2.45) is 4.99 Å². The van der Waals surface area contributed by atoms with Gasteiger partial charge in [-0.2, -0.15) is 0 Å². The molecule has 0 spiro atoms. The molecule has 0 atom stereocenters. The van der Waals surface area contributed by atoms with Crippen molar-refractivity contribution >= 4 is 35.8 Å². The van der Waals surface area contributed by atoms with Crippen LogP contribution in [0, 0.1) is 6.92 Å². The summed E-state index contributed by atoms with van der Waals surface area (Å²) < 4.78 is 0. The first kappa shape index (κ1) is 19.7. The standard InChI is InChI=1S/C15H24N4O.HI/c1-4-16-15(18-10-9-17-13(3)20)19-11-14-7-5-12(2)6-8-14;/h5-8H,4,9-11H2,1-3H3,(H,17,20)(H2,16,18,19);1H. The van der Waals surface area contributed by atoms with Crippen molar-refractivity contribution in [2.75, 3.05) is 19.6 Å². The van der Waals surface area contributed by atoms with Crippen LogP contribution in [0.25, 0.3) is 0 Å². The highest BCUT2D eigenvalue weighted by Crippen LogP contribution is 2.04. The van der Waals surface area contributed by atoms with E-state index in [-0.39, 0.29) is 29.9 Å². The van der Waals surface area contributed by atoms with Gasteiger partial charge in [-0.25, -0.2) is 4.99 Å². The molecule has 0 heterocycles. The molecule has 0 aliphatic rings. The van der Waals surface area contributed by atoms with Crippen LogP contribution in [0.4, 0.5) is 0 Å². The van der Waals surface area contributed by atoms with Crippen LogP contribution in [0.5, 0.6) is 0 Å². The molecule has 0 saturated carbocycles. The van der Waals surface area contributed by atoms with E-state index in [1.165, 1.54) is 18.1 Å². The van der Waals surface area contributed by atoms with Crippen LogP contribution in [0.1, 0.15) is 25.0 Å². The van der Waals surface area contributed by atoms with Crippen LogP contribution in [0.3, 0.4) is 0 Å². The molecule has 0 aliphatic heterocycles. The van der Waals surface area contributed by atoms with E-state index in [4.69, 9.17) is 0 Å². The van der Waals surface area contributed by atoms with Crippen molar-refractivity contribution in [1.29, 1.82) is 0 Å². The van der Waals surface area contributed by atoms with Crippen LogP contribution in [0.2, 0.25) is 0 Å². The first-order valence-electron chi connectivity index (χ1n) is 6.94. The lowest BCUT2D eigenvalue weighted by Gasteiger charge is -2.11. The van der Waals surface area contributed by atoms with Crippen LogP contribution in [0.15, 0.2) is 29.3 Å². The van der Waals surface area contributed by atoms with Crippen LogP contribution < -0.4 is 16.0 Å². The van der Waals surface area contributed by atoms with Crippen LogP contribution in [-0.4, -0.2) is 31.5 Å². The van der Waals surface area contributed by atoms with E-state index in [9.17, 15) is 4.79 Å². The number of nitrogens with one attached hydrogen (secondary N) is 3. The van der Waals surface area contributed by atoms with Crippen molar-refractivity contribution in [3.05, 3.63) is 35.4 Å². The number of hydrogen-bond donors (Lipinski definition) is 3. The molecule has 0 aliphatic carbocycles. The Hall–Kier alpha value is -1.31. The molecule has 1 amide bonds. The summed E-state index contributed by atoms with van der Waals surface area (Å²) in [6, 6.07) is 8.34. The normalized spacial score (nSPS) is 10.5. The van der Waals surface area contributed by atoms with Gasteiger partial charge in [0.1, 0.15) is 0 Å². The first-order valence-corrected chi connectivity index (χ1v) is 6.94. The van der Waals surface area contributed by atoms with E-state index in [0.29, 0.717) is 19.6 Å². The van der Waals surface area contributed by atoms with Gasteiger partial charge in [0.2, 0.25) is 5.91 Å². The number of halogens is 1. The highest BCUT2D eigenvalue weighted by atomic mass is 127. The van der Waals surface area contributed by atoms with Gasteiger partial charge in [-0.3, -0.25) is 4.79 Å². The summed E-state index contributed by atoms with van der Waals surface area (Å²) in [6.45, 7) is 8.29. The average Bonchev–Trinajstić information content (AvgIpc) is 2.42. The van der Waals surface area contributed by atoms with Gasteiger partial charge in [-0.1, -0.05) is 29.8 Å². The van der Waals surface area contributed by atoms with Crippen LogP contribution >= 0.6 is 24.0 Å². The minimum Gasteiger partial charge on any atom is -0.357 e. The number of hydrogen-bond acceptors (Lipinski definition) is 2. The van der Waals surface area contributed by atoms with E-state index < -0.39 is 0 Å². The van der Waals surface area contributed by atoms with Gasteiger partial charge in [-0.15, -0.1) is 24.0 Å². The molecule has 0 unspecified atom stereocenters. The Kier molecular flexibility index (Phi) is 10.7. The Balaban J connectivity index is 0.00000400. The van der Waals surface area contributed by atoms with Crippen molar-refractivity contribution in [3.63, 3.8) is 0 Å². The van der Waals surface area contributed by atoms with E-state index in [2.05, 4.69) is 52.1 Å². The van der Waals surface area contributed by atoms with E-state index in [0.717, 1.165) is 12.5 Å². The molecule has 0 fully saturated rings. The number of amides is 1. The number of carbonyl (C=O) groups is 1. The molecule has 1 aromatic rings. The van der Waals surface area contributed by atoms with E-state index >= 15 is 0 Å². The number of benzene rings is 1. The summed E-state index contributed by atoms with van der Waals surface area (Å²) in [5.41, 5.74) is 2.42. The molecule has 0 aromatic heterocycles. The second kappa shape index (κ2) is 11.4. The fraction of sp³-hybridized carbons (Fsp3) is 0.467. The topological polar surface area (TPSA) is 65.5 Å². The number of rotatable bonds is 6. The van der Waals surface area contributed by atoms with Crippen molar-refractivity contribution < 1.29 is 4.79 Å². The molecule has 118 valence electrons. The molecule has 1 rings (SSSR count).